The van der Waals surface area contributed by atoms with Gasteiger partial charge >= 0.3 is 6.18 Å². The molecule has 2 aromatic rings. The second-order valence-electron chi connectivity index (χ2n) is 4.67. The number of methoxy groups -OCH3 is 1. The Morgan fingerprint density at radius 3 is 2.26 bits per heavy atom. The molecule has 0 bridgehead atoms. The van der Waals surface area contributed by atoms with Crippen molar-refractivity contribution in [1.82, 2.24) is 0 Å². The van der Waals surface area contributed by atoms with Crippen molar-refractivity contribution < 1.29 is 27.1 Å². The van der Waals surface area contributed by atoms with E-state index >= 15 is 0 Å². The third kappa shape index (κ3) is 4.18. The standard InChI is InChI=1S/C17H12F4O2/c1-23-16-9-3-11(10-14(16)18)2-8-15(22)12-4-6-13(7-5-12)17(19,20)21/h2-10H,1H3/b8-2+. The highest BCUT2D eigenvalue weighted by atomic mass is 19.4. The molecular formula is C17H12F4O2. The SMILES string of the molecule is COc1ccc(/C=C/C(=O)c2ccc(C(F)(F)F)cc2)cc1F. The number of hydrogen-bond donors (Lipinski definition) is 0. The minimum absolute atomic E-state index is 0.0798. The van der Waals surface area contributed by atoms with Gasteiger partial charge in [-0.1, -0.05) is 24.3 Å². The van der Waals surface area contributed by atoms with E-state index in [1.165, 1.54) is 31.4 Å². The first-order chi connectivity index (χ1) is 10.8. The van der Waals surface area contributed by atoms with Crippen molar-refractivity contribution in [3.63, 3.8) is 0 Å². The van der Waals surface area contributed by atoms with Crippen molar-refractivity contribution in [3.8, 4) is 5.75 Å². The van der Waals surface area contributed by atoms with Crippen molar-refractivity contribution in [2.45, 2.75) is 6.18 Å². The molecule has 0 atom stereocenters. The fourth-order valence-electron chi connectivity index (χ4n) is 1.88. The number of ketones is 1. The van der Waals surface area contributed by atoms with Gasteiger partial charge in [0.2, 0.25) is 0 Å². The Hall–Kier alpha value is -2.63. The van der Waals surface area contributed by atoms with Gasteiger partial charge in [0.1, 0.15) is 0 Å². The molecule has 2 aromatic carbocycles. The normalized spacial score (nSPS) is 11.7. The molecule has 0 radical (unpaired) electrons. The van der Waals surface area contributed by atoms with Crippen LogP contribution in [0.5, 0.6) is 5.75 Å². The van der Waals surface area contributed by atoms with E-state index in [-0.39, 0.29) is 11.3 Å². The molecule has 0 saturated heterocycles. The van der Waals surface area contributed by atoms with Crippen LogP contribution in [-0.2, 0) is 6.18 Å². The zero-order chi connectivity index (χ0) is 17.0. The monoisotopic (exact) mass is 324 g/mol. The Balaban J connectivity index is 2.13. The minimum atomic E-state index is -4.45. The first-order valence-corrected chi connectivity index (χ1v) is 6.54. The van der Waals surface area contributed by atoms with Crippen LogP contribution in [0.4, 0.5) is 17.6 Å². The first kappa shape index (κ1) is 16.7. The highest BCUT2D eigenvalue weighted by Crippen LogP contribution is 2.29. The molecule has 0 aliphatic carbocycles. The Kier molecular flexibility index (Phi) is 4.83. The highest BCUT2D eigenvalue weighted by molar-refractivity contribution is 6.06. The molecule has 0 aromatic heterocycles. The highest BCUT2D eigenvalue weighted by Gasteiger charge is 2.30. The Morgan fingerprint density at radius 2 is 1.74 bits per heavy atom. The summed E-state index contributed by atoms with van der Waals surface area (Å²) in [6, 6.07) is 8.04. The summed E-state index contributed by atoms with van der Waals surface area (Å²) in [6.45, 7) is 0. The maximum Gasteiger partial charge on any atom is 0.416 e. The largest absolute Gasteiger partial charge is 0.494 e. The smallest absolute Gasteiger partial charge is 0.416 e. The van der Waals surface area contributed by atoms with Gasteiger partial charge in [0.05, 0.1) is 12.7 Å². The Bertz CT molecular complexity index is 731. The van der Waals surface area contributed by atoms with Crippen molar-refractivity contribution in [2.24, 2.45) is 0 Å². The first-order valence-electron chi connectivity index (χ1n) is 6.54. The molecular weight excluding hydrogens is 312 g/mol. The zero-order valence-electron chi connectivity index (χ0n) is 12.0. The van der Waals surface area contributed by atoms with Gasteiger partial charge in [-0.2, -0.15) is 13.2 Å². The molecule has 0 saturated carbocycles. The Morgan fingerprint density at radius 1 is 1.09 bits per heavy atom. The van der Waals surface area contributed by atoms with Crippen molar-refractivity contribution in [3.05, 3.63) is 71.0 Å². The number of carbonyl (C=O) groups is 1. The van der Waals surface area contributed by atoms with Crippen LogP contribution in [0.1, 0.15) is 21.5 Å². The number of rotatable bonds is 4. The van der Waals surface area contributed by atoms with E-state index in [1.54, 1.807) is 6.07 Å². The average molecular weight is 324 g/mol. The fourth-order valence-corrected chi connectivity index (χ4v) is 1.88. The molecule has 23 heavy (non-hydrogen) atoms. The lowest BCUT2D eigenvalue weighted by atomic mass is 10.1. The molecule has 0 aliphatic rings. The number of allylic oxidation sites excluding steroid dienone is 1. The number of halogens is 4. The van der Waals surface area contributed by atoms with Crippen LogP contribution >= 0.6 is 0 Å². The minimum Gasteiger partial charge on any atom is -0.494 e. The van der Waals surface area contributed by atoms with E-state index in [2.05, 4.69) is 0 Å². The maximum atomic E-state index is 13.5. The van der Waals surface area contributed by atoms with Gasteiger partial charge in [-0.15, -0.1) is 0 Å². The molecule has 0 N–H and O–H groups in total. The third-order valence-corrected chi connectivity index (χ3v) is 3.10. The lowest BCUT2D eigenvalue weighted by molar-refractivity contribution is -0.137. The fraction of sp³-hybridized carbons (Fsp3) is 0.118. The van der Waals surface area contributed by atoms with Gasteiger partial charge in [0.25, 0.3) is 0 Å². The van der Waals surface area contributed by atoms with Crippen LogP contribution in [0.15, 0.2) is 48.5 Å². The molecule has 0 heterocycles. The molecule has 0 fully saturated rings. The van der Waals surface area contributed by atoms with Crippen LogP contribution < -0.4 is 4.74 Å². The number of alkyl halides is 3. The van der Waals surface area contributed by atoms with Gasteiger partial charge in [-0.25, -0.2) is 4.39 Å². The second kappa shape index (κ2) is 6.64. The van der Waals surface area contributed by atoms with Crippen LogP contribution in [0.25, 0.3) is 6.08 Å². The predicted octanol–water partition coefficient (Wildman–Crippen LogP) is 4.75. The number of hydrogen-bond acceptors (Lipinski definition) is 2. The van der Waals surface area contributed by atoms with Crippen molar-refractivity contribution in [2.75, 3.05) is 7.11 Å². The third-order valence-electron chi connectivity index (χ3n) is 3.10. The maximum absolute atomic E-state index is 13.5. The van der Waals surface area contributed by atoms with Crippen LogP contribution in [0.2, 0.25) is 0 Å². The topological polar surface area (TPSA) is 26.3 Å². The quantitative estimate of drug-likeness (QED) is 0.461. The van der Waals surface area contributed by atoms with Gasteiger partial charge in [-0.05, 0) is 35.9 Å². The van der Waals surface area contributed by atoms with E-state index < -0.39 is 23.3 Å². The molecule has 0 spiro atoms. The molecule has 0 amide bonds. The van der Waals surface area contributed by atoms with E-state index in [0.29, 0.717) is 5.56 Å². The average Bonchev–Trinajstić information content (AvgIpc) is 2.52. The number of carbonyl (C=O) groups excluding carboxylic acids is 1. The summed E-state index contributed by atoms with van der Waals surface area (Å²) in [7, 11) is 1.34. The summed E-state index contributed by atoms with van der Waals surface area (Å²) < 4.78 is 55.6. The van der Waals surface area contributed by atoms with Crippen LogP contribution in [-0.4, -0.2) is 12.9 Å². The van der Waals surface area contributed by atoms with Crippen LogP contribution in [0, 0.1) is 5.82 Å². The predicted molar refractivity (Wildman–Crippen MR) is 77.8 cm³/mol. The second-order valence-corrected chi connectivity index (χ2v) is 4.67. The van der Waals surface area contributed by atoms with E-state index in [4.69, 9.17) is 4.74 Å². The lowest BCUT2D eigenvalue weighted by Crippen LogP contribution is -2.05. The van der Waals surface area contributed by atoms with Gasteiger partial charge in [-0.3, -0.25) is 4.79 Å². The number of benzene rings is 2. The summed E-state index contributed by atoms with van der Waals surface area (Å²) >= 11 is 0. The summed E-state index contributed by atoms with van der Waals surface area (Å²) in [5.74, 6) is -0.970. The van der Waals surface area contributed by atoms with Gasteiger partial charge in [0.15, 0.2) is 17.3 Å². The van der Waals surface area contributed by atoms with E-state index in [1.807, 2.05) is 0 Å². The summed E-state index contributed by atoms with van der Waals surface area (Å²) in [6.07, 6.45) is -1.90. The molecule has 6 heteroatoms. The van der Waals surface area contributed by atoms with E-state index in [9.17, 15) is 22.4 Å². The lowest BCUT2D eigenvalue weighted by Gasteiger charge is -2.06. The van der Waals surface area contributed by atoms with Gasteiger partial charge in [0, 0.05) is 5.56 Å². The van der Waals surface area contributed by atoms with Crippen LogP contribution in [0.3, 0.4) is 0 Å². The molecule has 120 valence electrons. The molecule has 0 aliphatic heterocycles. The molecule has 2 rings (SSSR count). The molecule has 0 unspecified atom stereocenters. The zero-order valence-corrected chi connectivity index (χ0v) is 12.0. The van der Waals surface area contributed by atoms with Crippen molar-refractivity contribution >= 4 is 11.9 Å². The summed E-state index contributed by atoms with van der Waals surface area (Å²) in [5.41, 5.74) is -0.276. The molecule has 2 nitrogen and oxygen atoms in total. The summed E-state index contributed by atoms with van der Waals surface area (Å²) in [5, 5.41) is 0. The number of ether oxygens (including phenoxy) is 1. The van der Waals surface area contributed by atoms with E-state index in [0.717, 1.165) is 24.3 Å². The Labute approximate surface area is 130 Å². The van der Waals surface area contributed by atoms with Gasteiger partial charge < -0.3 is 4.74 Å². The van der Waals surface area contributed by atoms with Crippen molar-refractivity contribution in [1.29, 1.82) is 0 Å². The summed E-state index contributed by atoms with van der Waals surface area (Å²) in [4.78, 5) is 11.9.